The van der Waals surface area contributed by atoms with E-state index in [9.17, 15) is 9.59 Å². The minimum Gasteiger partial charge on any atom is -0.322 e. The smallest absolute Gasteiger partial charge is 0.271 e. The summed E-state index contributed by atoms with van der Waals surface area (Å²) in [5.74, 6) is -0.274. The predicted octanol–water partition coefficient (Wildman–Crippen LogP) is 4.54. The normalized spacial score (nSPS) is 15.7. The Labute approximate surface area is 206 Å². The molecule has 0 radical (unpaired) electrons. The Morgan fingerprint density at radius 2 is 1.57 bits per heavy atom. The summed E-state index contributed by atoms with van der Waals surface area (Å²) >= 11 is 1.33. The van der Waals surface area contributed by atoms with Gasteiger partial charge in [-0.05, 0) is 36.3 Å². The Morgan fingerprint density at radius 3 is 2.26 bits per heavy atom. The van der Waals surface area contributed by atoms with Gasteiger partial charge in [0.05, 0.1) is 21.8 Å². The quantitative estimate of drug-likeness (QED) is 0.459. The first-order valence-corrected chi connectivity index (χ1v) is 12.1. The molecule has 5 nitrogen and oxygen atoms in total. The number of hydrogen-bond donors (Lipinski definition) is 1. The zero-order valence-electron chi connectivity index (χ0n) is 19.1. The van der Waals surface area contributed by atoms with Gasteiger partial charge in [-0.3, -0.25) is 14.2 Å². The molecular weight excluding hydrogens is 454 g/mol. The fourth-order valence-electron chi connectivity index (χ4n) is 4.11. The lowest BCUT2D eigenvalue weighted by molar-refractivity contribution is -0.113. The van der Waals surface area contributed by atoms with Crippen molar-refractivity contribution in [2.75, 3.05) is 5.32 Å². The van der Waals surface area contributed by atoms with Gasteiger partial charge in [0.1, 0.15) is 0 Å². The maximum Gasteiger partial charge on any atom is 0.271 e. The van der Waals surface area contributed by atoms with Gasteiger partial charge in [-0.2, -0.15) is 0 Å². The van der Waals surface area contributed by atoms with Gasteiger partial charge < -0.3 is 5.32 Å². The van der Waals surface area contributed by atoms with Crippen LogP contribution in [0.4, 0.5) is 5.69 Å². The maximum absolute atomic E-state index is 13.6. The monoisotopic (exact) mass is 477 g/mol. The summed E-state index contributed by atoms with van der Waals surface area (Å²) in [6.07, 6.45) is 5.63. The Kier molecular flexibility index (Phi) is 6.37. The Balaban J connectivity index is 1.60. The molecule has 0 bridgehead atoms. The Morgan fingerprint density at radius 1 is 0.943 bits per heavy atom. The van der Waals surface area contributed by atoms with Crippen molar-refractivity contribution in [3.05, 3.63) is 139 Å². The van der Waals surface area contributed by atoms with E-state index in [1.165, 1.54) is 11.3 Å². The first kappa shape index (κ1) is 22.5. The van der Waals surface area contributed by atoms with E-state index in [1.807, 2.05) is 116 Å². The second-order valence-electron chi connectivity index (χ2n) is 8.10. The number of hydrogen-bond acceptors (Lipinski definition) is 4. The predicted molar refractivity (Wildman–Crippen MR) is 142 cm³/mol. The number of para-hydroxylation sites is 1. The number of carbonyl (C=O) groups excluding carboxylic acids is 1. The van der Waals surface area contributed by atoms with Crippen LogP contribution in [0, 0.1) is 0 Å². The molecule has 1 aliphatic rings. The highest BCUT2D eigenvalue weighted by molar-refractivity contribution is 7.07. The van der Waals surface area contributed by atoms with Gasteiger partial charge in [-0.15, -0.1) is 0 Å². The van der Waals surface area contributed by atoms with Gasteiger partial charge in [-0.25, -0.2) is 4.99 Å². The molecule has 0 spiro atoms. The van der Waals surface area contributed by atoms with E-state index in [1.54, 1.807) is 4.57 Å². The summed E-state index contributed by atoms with van der Waals surface area (Å²) in [6.45, 7) is 1.82. The Bertz CT molecular complexity index is 1600. The van der Waals surface area contributed by atoms with Gasteiger partial charge in [-0.1, -0.05) is 102 Å². The van der Waals surface area contributed by atoms with Gasteiger partial charge in [0.2, 0.25) is 0 Å². The number of anilines is 1. The molecule has 5 rings (SSSR count). The molecule has 1 amide bonds. The van der Waals surface area contributed by atoms with Crippen molar-refractivity contribution in [2.24, 2.45) is 4.99 Å². The standard InChI is InChI=1S/C29H23N3O2S/c1-20-25(27(33)31-23-17-9-4-10-18-23)26(22-15-7-3-8-16-22)32-28(34)24(35-29(32)30-20)19-11-14-21-12-5-2-6-13-21/h2-19,26H,1H3,(H,31,33)/b14-11-,24-19+. The number of allylic oxidation sites excluding steroid dienone is 2. The van der Waals surface area contributed by atoms with Crippen LogP contribution in [0.5, 0.6) is 0 Å². The van der Waals surface area contributed by atoms with Crippen LogP contribution in [0.3, 0.4) is 0 Å². The number of nitrogens with one attached hydrogen (secondary N) is 1. The molecular formula is C29H23N3O2S. The molecule has 3 aromatic carbocycles. The fraction of sp³-hybridized carbons (Fsp3) is 0.0690. The lowest BCUT2D eigenvalue weighted by Crippen LogP contribution is -2.40. The highest BCUT2D eigenvalue weighted by Crippen LogP contribution is 2.30. The van der Waals surface area contributed by atoms with Gasteiger partial charge in [0.25, 0.3) is 11.5 Å². The summed E-state index contributed by atoms with van der Waals surface area (Å²) in [6, 6.07) is 28.2. The van der Waals surface area contributed by atoms with E-state index in [-0.39, 0.29) is 11.5 Å². The molecule has 1 unspecified atom stereocenters. The Hall–Kier alpha value is -4.29. The van der Waals surface area contributed by atoms with Crippen LogP contribution in [-0.4, -0.2) is 10.5 Å². The van der Waals surface area contributed by atoms with Crippen LogP contribution < -0.4 is 20.2 Å². The van der Waals surface area contributed by atoms with Crippen LogP contribution >= 0.6 is 11.3 Å². The van der Waals surface area contributed by atoms with E-state index in [2.05, 4.69) is 10.3 Å². The van der Waals surface area contributed by atoms with Crippen molar-refractivity contribution >= 4 is 35.1 Å². The van der Waals surface area contributed by atoms with Crippen molar-refractivity contribution in [2.45, 2.75) is 13.0 Å². The van der Waals surface area contributed by atoms with Crippen molar-refractivity contribution < 1.29 is 4.79 Å². The van der Waals surface area contributed by atoms with Crippen LogP contribution in [-0.2, 0) is 4.79 Å². The van der Waals surface area contributed by atoms with Crippen LogP contribution in [0.15, 0.2) is 118 Å². The van der Waals surface area contributed by atoms with Crippen molar-refractivity contribution in [3.63, 3.8) is 0 Å². The van der Waals surface area contributed by atoms with E-state index in [0.717, 1.165) is 11.1 Å². The van der Waals surface area contributed by atoms with Gasteiger partial charge in [0, 0.05) is 5.69 Å². The fourth-order valence-corrected chi connectivity index (χ4v) is 5.11. The minimum absolute atomic E-state index is 0.169. The molecule has 0 saturated carbocycles. The lowest BCUT2D eigenvalue weighted by Gasteiger charge is -2.25. The zero-order chi connectivity index (χ0) is 24.2. The van der Waals surface area contributed by atoms with E-state index in [0.29, 0.717) is 26.3 Å². The molecule has 4 aromatic rings. The third kappa shape index (κ3) is 4.69. The molecule has 0 fully saturated rings. The molecule has 1 N–H and O–H groups in total. The molecule has 6 heteroatoms. The van der Waals surface area contributed by atoms with Crippen LogP contribution in [0.1, 0.15) is 24.1 Å². The number of aromatic nitrogens is 1. The third-order valence-corrected chi connectivity index (χ3v) is 6.75. The van der Waals surface area contributed by atoms with Gasteiger partial charge >= 0.3 is 0 Å². The average molecular weight is 478 g/mol. The zero-order valence-corrected chi connectivity index (χ0v) is 19.9. The van der Waals surface area contributed by atoms with Crippen molar-refractivity contribution in [1.82, 2.24) is 4.57 Å². The van der Waals surface area contributed by atoms with Gasteiger partial charge in [0.15, 0.2) is 4.80 Å². The second kappa shape index (κ2) is 9.91. The molecule has 0 aliphatic carbocycles. The average Bonchev–Trinajstić information content (AvgIpc) is 3.19. The molecule has 1 aromatic heterocycles. The maximum atomic E-state index is 13.6. The van der Waals surface area contributed by atoms with E-state index in [4.69, 9.17) is 0 Å². The number of benzene rings is 3. The summed E-state index contributed by atoms with van der Waals surface area (Å²) in [5.41, 5.74) is 3.48. The highest BCUT2D eigenvalue weighted by Gasteiger charge is 2.32. The molecule has 2 heterocycles. The first-order valence-electron chi connectivity index (χ1n) is 11.3. The van der Waals surface area contributed by atoms with Crippen molar-refractivity contribution in [3.8, 4) is 0 Å². The largest absolute Gasteiger partial charge is 0.322 e. The van der Waals surface area contributed by atoms with E-state index < -0.39 is 6.04 Å². The lowest BCUT2D eigenvalue weighted by atomic mass is 9.95. The van der Waals surface area contributed by atoms with Crippen LogP contribution in [0.2, 0.25) is 0 Å². The first-order chi connectivity index (χ1) is 17.1. The molecule has 1 atom stereocenters. The topological polar surface area (TPSA) is 63.5 Å². The number of carbonyl (C=O) groups is 1. The number of thiazole rings is 1. The summed E-state index contributed by atoms with van der Waals surface area (Å²) in [5, 5.41) is 2.96. The molecule has 172 valence electrons. The summed E-state index contributed by atoms with van der Waals surface area (Å²) in [7, 11) is 0. The number of fused-ring (bicyclic) bond motifs is 1. The third-order valence-electron chi connectivity index (χ3n) is 5.75. The number of nitrogens with zero attached hydrogens (tertiary/aromatic N) is 2. The minimum atomic E-state index is -0.573. The SMILES string of the molecule is CC1=C(C(=O)Nc2ccccc2)C(c2ccccc2)n2c(s/c(=C/C=C\c3ccccc3)c2=O)=N1. The second-order valence-corrected chi connectivity index (χ2v) is 9.11. The molecule has 0 saturated heterocycles. The number of amides is 1. The summed E-state index contributed by atoms with van der Waals surface area (Å²) < 4.78 is 2.20. The molecule has 35 heavy (non-hydrogen) atoms. The van der Waals surface area contributed by atoms with Crippen molar-refractivity contribution in [1.29, 1.82) is 0 Å². The van der Waals surface area contributed by atoms with E-state index >= 15 is 0 Å². The highest BCUT2D eigenvalue weighted by atomic mass is 32.1. The summed E-state index contributed by atoms with van der Waals surface area (Å²) in [4.78, 5) is 32.3. The molecule has 1 aliphatic heterocycles. The number of rotatable bonds is 5. The van der Waals surface area contributed by atoms with Crippen LogP contribution in [0.25, 0.3) is 12.2 Å².